The maximum atomic E-state index is 13.2. The van der Waals surface area contributed by atoms with Crippen LogP contribution in [0.1, 0.15) is 5.56 Å². The van der Waals surface area contributed by atoms with E-state index in [1.807, 2.05) is 64.5 Å². The molecule has 2 aromatic carbocycles. The van der Waals surface area contributed by atoms with Crippen molar-refractivity contribution in [2.24, 2.45) is 0 Å². The number of carbonyl (C=O) groups is 1. The van der Waals surface area contributed by atoms with Crippen LogP contribution >= 0.6 is 11.3 Å². The van der Waals surface area contributed by atoms with Crippen molar-refractivity contribution < 1.29 is 13.2 Å². The third kappa shape index (κ3) is 4.54. The molecular weight excluding hydrogens is 458 g/mol. The summed E-state index contributed by atoms with van der Waals surface area (Å²) in [5.41, 5.74) is 4.93. The Morgan fingerprint density at radius 1 is 0.970 bits per heavy atom. The van der Waals surface area contributed by atoms with Crippen molar-refractivity contribution >= 4 is 38.3 Å². The Kier molecular flexibility index (Phi) is 5.96. The largest absolute Gasteiger partial charge is 0.339 e. The highest BCUT2D eigenvalue weighted by Gasteiger charge is 2.29. The molecule has 0 saturated carbocycles. The number of rotatable bonds is 6. The highest BCUT2D eigenvalue weighted by Crippen LogP contribution is 2.25. The first-order chi connectivity index (χ1) is 16.0. The number of fused-ring (bicyclic) bond motifs is 1. The number of sulfonamides is 1. The molecule has 1 aliphatic heterocycles. The minimum absolute atomic E-state index is 0.0280. The molecule has 4 aromatic rings. The van der Waals surface area contributed by atoms with E-state index in [9.17, 15) is 13.2 Å². The number of carbonyl (C=O) groups excluding carboxylic acids is 1. The zero-order valence-electron chi connectivity index (χ0n) is 17.9. The van der Waals surface area contributed by atoms with Crippen LogP contribution in [0.3, 0.4) is 0 Å². The molecule has 3 heterocycles. The number of hydrogen-bond donors (Lipinski definition) is 0. The molecule has 1 fully saturated rings. The summed E-state index contributed by atoms with van der Waals surface area (Å²) in [5, 5.41) is 1.92. The lowest BCUT2D eigenvalue weighted by molar-refractivity contribution is -0.132. The molecule has 1 saturated heterocycles. The van der Waals surface area contributed by atoms with Crippen molar-refractivity contribution in [3.8, 4) is 11.5 Å². The van der Waals surface area contributed by atoms with Gasteiger partial charge in [-0.15, -0.1) is 11.3 Å². The number of benzene rings is 2. The highest BCUT2D eigenvalue weighted by molar-refractivity contribution is 7.88. The molecule has 0 unspecified atom stereocenters. The summed E-state index contributed by atoms with van der Waals surface area (Å²) < 4.78 is 29.0. The molecule has 1 amide bonds. The second-order valence-corrected chi connectivity index (χ2v) is 10.6. The van der Waals surface area contributed by atoms with E-state index in [-0.39, 0.29) is 18.2 Å². The van der Waals surface area contributed by atoms with Gasteiger partial charge in [-0.1, -0.05) is 42.5 Å². The standard InChI is InChI=1S/C23H23N5O3S2/c29-22(14-28-21-9-5-4-8-19(21)25-23(28)20-15-32-17-24-20)26-10-12-27(13-11-26)33(30,31)16-18-6-2-1-3-7-18/h1-9,15,17H,10-14,16H2. The van der Waals surface area contributed by atoms with Crippen LogP contribution in [-0.2, 0) is 27.1 Å². The maximum Gasteiger partial charge on any atom is 0.242 e. The summed E-state index contributed by atoms with van der Waals surface area (Å²) in [6.07, 6.45) is 0. The van der Waals surface area contributed by atoms with E-state index in [0.29, 0.717) is 32.0 Å². The quantitative estimate of drug-likeness (QED) is 0.423. The fourth-order valence-corrected chi connectivity index (χ4v) is 6.13. The SMILES string of the molecule is O=C(Cn1c(-c2cscn2)nc2ccccc21)N1CCN(S(=O)(=O)Cc2ccccc2)CC1. The van der Waals surface area contributed by atoms with Gasteiger partial charge in [-0.2, -0.15) is 4.31 Å². The Hall–Kier alpha value is -3.08. The number of hydrogen-bond acceptors (Lipinski definition) is 6. The summed E-state index contributed by atoms with van der Waals surface area (Å²) in [7, 11) is -3.43. The van der Waals surface area contributed by atoms with Crippen molar-refractivity contribution in [2.45, 2.75) is 12.3 Å². The van der Waals surface area contributed by atoms with E-state index in [1.165, 1.54) is 15.6 Å². The molecule has 170 valence electrons. The Labute approximate surface area is 196 Å². The van der Waals surface area contributed by atoms with E-state index in [2.05, 4.69) is 9.97 Å². The van der Waals surface area contributed by atoms with Gasteiger partial charge < -0.3 is 9.47 Å². The molecule has 2 aromatic heterocycles. The number of nitrogens with zero attached hydrogens (tertiary/aromatic N) is 5. The summed E-state index contributed by atoms with van der Waals surface area (Å²) in [5.74, 6) is 0.574. The van der Waals surface area contributed by atoms with Crippen LogP contribution in [0.15, 0.2) is 65.5 Å². The van der Waals surface area contributed by atoms with Crippen molar-refractivity contribution in [3.63, 3.8) is 0 Å². The third-order valence-electron chi connectivity index (χ3n) is 5.79. The van der Waals surface area contributed by atoms with Gasteiger partial charge in [0, 0.05) is 31.6 Å². The second kappa shape index (κ2) is 9.05. The number of piperazine rings is 1. The number of aromatic nitrogens is 3. The number of imidazole rings is 1. The van der Waals surface area contributed by atoms with Gasteiger partial charge in [0.1, 0.15) is 12.2 Å². The van der Waals surface area contributed by atoms with Crippen LogP contribution in [-0.4, -0.2) is 64.2 Å². The normalized spacial score (nSPS) is 15.2. The maximum absolute atomic E-state index is 13.2. The fraction of sp³-hybridized carbons (Fsp3) is 0.261. The molecule has 33 heavy (non-hydrogen) atoms. The minimum atomic E-state index is -3.43. The van der Waals surface area contributed by atoms with Crippen LogP contribution < -0.4 is 0 Å². The van der Waals surface area contributed by atoms with E-state index in [0.717, 1.165) is 22.3 Å². The summed E-state index contributed by atoms with van der Waals surface area (Å²) in [6.45, 7) is 1.45. The molecule has 10 heteroatoms. The molecule has 0 radical (unpaired) electrons. The Morgan fingerprint density at radius 2 is 1.70 bits per heavy atom. The van der Waals surface area contributed by atoms with Gasteiger partial charge in [0.05, 0.1) is 22.3 Å². The Morgan fingerprint density at radius 3 is 2.42 bits per heavy atom. The number of para-hydroxylation sites is 2. The average molecular weight is 482 g/mol. The van der Waals surface area contributed by atoms with Crippen LogP contribution in [0.4, 0.5) is 0 Å². The van der Waals surface area contributed by atoms with Crippen LogP contribution in [0.25, 0.3) is 22.6 Å². The number of thiazole rings is 1. The first-order valence-corrected chi connectivity index (χ1v) is 13.2. The van der Waals surface area contributed by atoms with Gasteiger partial charge in [0.2, 0.25) is 15.9 Å². The zero-order chi connectivity index (χ0) is 22.8. The summed E-state index contributed by atoms with van der Waals surface area (Å²) in [6, 6.07) is 16.9. The lowest BCUT2D eigenvalue weighted by Crippen LogP contribution is -2.51. The van der Waals surface area contributed by atoms with Crippen molar-refractivity contribution in [1.82, 2.24) is 23.7 Å². The number of amides is 1. The van der Waals surface area contributed by atoms with Gasteiger partial charge >= 0.3 is 0 Å². The predicted molar refractivity (Wildman–Crippen MR) is 128 cm³/mol. The molecule has 8 nitrogen and oxygen atoms in total. The molecule has 0 N–H and O–H groups in total. The third-order valence-corrected chi connectivity index (χ3v) is 8.22. The monoisotopic (exact) mass is 481 g/mol. The van der Waals surface area contributed by atoms with Crippen LogP contribution in [0, 0.1) is 0 Å². The fourth-order valence-electron chi connectivity index (χ4n) is 4.08. The molecule has 0 aliphatic carbocycles. The summed E-state index contributed by atoms with van der Waals surface area (Å²) >= 11 is 1.48. The molecule has 0 atom stereocenters. The van der Waals surface area contributed by atoms with Gasteiger partial charge in [-0.3, -0.25) is 4.79 Å². The Balaban J connectivity index is 1.29. The van der Waals surface area contributed by atoms with Gasteiger partial charge in [-0.25, -0.2) is 18.4 Å². The lowest BCUT2D eigenvalue weighted by atomic mass is 10.2. The molecule has 1 aliphatic rings. The van der Waals surface area contributed by atoms with E-state index in [1.54, 1.807) is 10.4 Å². The van der Waals surface area contributed by atoms with Gasteiger partial charge in [0.25, 0.3) is 0 Å². The predicted octanol–water partition coefficient (Wildman–Crippen LogP) is 2.83. The Bertz CT molecular complexity index is 1360. The topological polar surface area (TPSA) is 88.4 Å². The first kappa shape index (κ1) is 21.7. The van der Waals surface area contributed by atoms with Crippen LogP contribution in [0.5, 0.6) is 0 Å². The average Bonchev–Trinajstić information content (AvgIpc) is 3.48. The lowest BCUT2D eigenvalue weighted by Gasteiger charge is -2.34. The smallest absolute Gasteiger partial charge is 0.242 e. The van der Waals surface area contributed by atoms with E-state index >= 15 is 0 Å². The van der Waals surface area contributed by atoms with Crippen molar-refractivity contribution in [1.29, 1.82) is 0 Å². The molecule has 5 rings (SSSR count). The van der Waals surface area contributed by atoms with Gasteiger partial charge in [0.15, 0.2) is 5.82 Å². The molecular formula is C23H23N5O3S2. The van der Waals surface area contributed by atoms with E-state index < -0.39 is 10.0 Å². The van der Waals surface area contributed by atoms with Crippen molar-refractivity contribution in [2.75, 3.05) is 26.2 Å². The zero-order valence-corrected chi connectivity index (χ0v) is 19.5. The second-order valence-electron chi connectivity index (χ2n) is 7.91. The van der Waals surface area contributed by atoms with Crippen LogP contribution in [0.2, 0.25) is 0 Å². The minimum Gasteiger partial charge on any atom is -0.339 e. The van der Waals surface area contributed by atoms with Gasteiger partial charge in [-0.05, 0) is 17.7 Å². The highest BCUT2D eigenvalue weighted by atomic mass is 32.2. The molecule has 0 bridgehead atoms. The first-order valence-electron chi connectivity index (χ1n) is 10.6. The summed E-state index contributed by atoms with van der Waals surface area (Å²) in [4.78, 5) is 24.0. The van der Waals surface area contributed by atoms with E-state index in [4.69, 9.17) is 0 Å². The van der Waals surface area contributed by atoms with Crippen molar-refractivity contribution in [3.05, 3.63) is 71.1 Å². The molecule has 0 spiro atoms.